The molecule has 18 heteroatoms. The molecular weight excluding hydrogens is 742 g/mol. The van der Waals surface area contributed by atoms with Crippen molar-refractivity contribution in [3.05, 3.63) is 0 Å². The maximum Gasteiger partial charge on any atom is 0.305 e. The number of amides is 1. The van der Waals surface area contributed by atoms with E-state index in [1.165, 1.54) is 0 Å². The maximum atomic E-state index is 11.6. The number of carbonyl (C=O) groups is 3. The molecule has 0 spiro atoms. The fraction of sp³-hybridized carbons (Fsp3) is 0.921. The Morgan fingerprint density at radius 1 is 0.375 bits per heavy atom. The van der Waals surface area contributed by atoms with Crippen LogP contribution in [-0.4, -0.2) is 195 Å². The fourth-order valence-electron chi connectivity index (χ4n) is 4.21. The van der Waals surface area contributed by atoms with Crippen LogP contribution < -0.4 is 5.32 Å². The number of carboxylic acid groups (broad SMARTS) is 1. The van der Waals surface area contributed by atoms with Crippen LogP contribution in [0.4, 0.5) is 0 Å². The number of ether oxygens (including phenoxy) is 13. The lowest BCUT2D eigenvalue weighted by Crippen LogP contribution is -2.25. The smallest absolute Gasteiger partial charge is 0.305 e. The van der Waals surface area contributed by atoms with E-state index in [9.17, 15) is 14.4 Å². The van der Waals surface area contributed by atoms with Crippen LogP contribution in [0.15, 0.2) is 0 Å². The summed E-state index contributed by atoms with van der Waals surface area (Å²) in [5.41, 5.74) is 0. The molecule has 0 heterocycles. The van der Waals surface area contributed by atoms with Crippen LogP contribution in [0.5, 0.6) is 0 Å². The lowest BCUT2D eigenvalue weighted by atomic mass is 10.2. The second kappa shape index (κ2) is 47.3. The number of aliphatic carboxylic acids is 1. The number of hydrogen-bond donors (Lipinski definition) is 2. The second-order valence-electron chi connectivity index (χ2n) is 12.0. The molecule has 0 atom stereocenters. The van der Waals surface area contributed by atoms with Gasteiger partial charge in [-0.25, -0.2) is 0 Å². The van der Waals surface area contributed by atoms with E-state index in [4.69, 9.17) is 66.7 Å². The summed E-state index contributed by atoms with van der Waals surface area (Å²) in [6, 6.07) is 0. The van der Waals surface area contributed by atoms with Crippen LogP contribution in [0.25, 0.3) is 0 Å². The highest BCUT2D eigenvalue weighted by Crippen LogP contribution is 2.03. The number of esters is 1. The summed E-state index contributed by atoms with van der Waals surface area (Å²) in [6.07, 6.45) is 5.19. The molecule has 0 saturated carbocycles. The minimum atomic E-state index is -0.986. The Bertz CT molecular complexity index is 842. The summed E-state index contributed by atoms with van der Waals surface area (Å²) in [5, 5.41) is 11.2. The molecule has 0 bridgehead atoms. The Labute approximate surface area is 334 Å². The molecule has 0 saturated heterocycles. The normalized spacial score (nSPS) is 11.3. The average molecular weight is 816 g/mol. The van der Waals surface area contributed by atoms with Crippen molar-refractivity contribution in [1.82, 2.24) is 5.32 Å². The highest BCUT2D eigenvalue weighted by atomic mass is 16.6. The zero-order valence-corrected chi connectivity index (χ0v) is 34.0. The van der Waals surface area contributed by atoms with Crippen LogP contribution in [0.3, 0.4) is 0 Å². The van der Waals surface area contributed by atoms with Crippen molar-refractivity contribution in [2.45, 2.75) is 58.3 Å². The van der Waals surface area contributed by atoms with E-state index in [0.29, 0.717) is 178 Å². The van der Waals surface area contributed by atoms with Crippen molar-refractivity contribution in [1.29, 1.82) is 0 Å². The lowest BCUT2D eigenvalue weighted by Gasteiger charge is -2.09. The Morgan fingerprint density at radius 3 is 1.02 bits per heavy atom. The molecule has 1 amide bonds. The van der Waals surface area contributed by atoms with E-state index in [2.05, 4.69) is 12.2 Å². The predicted octanol–water partition coefficient (Wildman–Crippen LogP) is 2.07. The summed E-state index contributed by atoms with van der Waals surface area (Å²) in [4.78, 5) is 33.4. The summed E-state index contributed by atoms with van der Waals surface area (Å²) in [6.45, 7) is 14.1. The first-order valence-corrected chi connectivity index (χ1v) is 20.1. The van der Waals surface area contributed by atoms with Crippen molar-refractivity contribution in [3.8, 4) is 0 Å². The zero-order chi connectivity index (χ0) is 40.7. The number of rotatable bonds is 48. The summed E-state index contributed by atoms with van der Waals surface area (Å²) in [5.74, 6) is -1.42. The van der Waals surface area contributed by atoms with E-state index in [1.54, 1.807) is 0 Å². The van der Waals surface area contributed by atoms with Crippen molar-refractivity contribution in [3.63, 3.8) is 0 Å². The Kier molecular flexibility index (Phi) is 45.6. The summed E-state index contributed by atoms with van der Waals surface area (Å²) in [7, 11) is 0. The van der Waals surface area contributed by atoms with Gasteiger partial charge in [0.15, 0.2) is 0 Å². The van der Waals surface area contributed by atoms with Crippen LogP contribution >= 0.6 is 0 Å². The Hall–Kier alpha value is -2.07. The molecule has 0 rings (SSSR count). The number of hydrogen-bond acceptors (Lipinski definition) is 16. The highest BCUT2D eigenvalue weighted by molar-refractivity contribution is 5.80. The minimum Gasteiger partial charge on any atom is -0.481 e. The lowest BCUT2D eigenvalue weighted by molar-refractivity contribution is -0.145. The van der Waals surface area contributed by atoms with Gasteiger partial charge in [-0.05, 0) is 12.8 Å². The first kappa shape index (κ1) is 53.9. The largest absolute Gasteiger partial charge is 0.481 e. The zero-order valence-electron chi connectivity index (χ0n) is 34.0. The van der Waals surface area contributed by atoms with E-state index in [0.717, 1.165) is 25.7 Å². The molecule has 0 fully saturated rings. The van der Waals surface area contributed by atoms with E-state index < -0.39 is 5.97 Å². The molecule has 0 aliphatic carbocycles. The second-order valence-corrected chi connectivity index (χ2v) is 12.0. The Morgan fingerprint density at radius 2 is 0.696 bits per heavy atom. The first-order valence-electron chi connectivity index (χ1n) is 20.1. The van der Waals surface area contributed by atoms with Gasteiger partial charge in [0, 0.05) is 26.0 Å². The number of unbranched alkanes of at least 4 members (excludes halogenated alkanes) is 3. The molecule has 0 radical (unpaired) electrons. The van der Waals surface area contributed by atoms with E-state index in [-0.39, 0.29) is 31.3 Å². The number of nitrogens with one attached hydrogen (secondary N) is 1. The molecular formula is C38H73NO17. The predicted molar refractivity (Wildman–Crippen MR) is 204 cm³/mol. The van der Waals surface area contributed by atoms with Crippen LogP contribution in [0.1, 0.15) is 58.3 Å². The van der Waals surface area contributed by atoms with Crippen molar-refractivity contribution in [2.24, 2.45) is 0 Å². The SMILES string of the molecule is CCCCCCC(=O)OCCOCCOCCOCCOCCOCCOCCOCCOCCOCCOCCOCCOCCCNC(=O)CCC(=O)O. The van der Waals surface area contributed by atoms with Gasteiger partial charge in [-0.3, -0.25) is 14.4 Å². The molecule has 18 nitrogen and oxygen atoms in total. The molecule has 0 aliphatic heterocycles. The van der Waals surface area contributed by atoms with Crippen molar-refractivity contribution < 1.29 is 81.1 Å². The van der Waals surface area contributed by atoms with Crippen LogP contribution in [0, 0.1) is 0 Å². The average Bonchev–Trinajstić information content (AvgIpc) is 3.19. The van der Waals surface area contributed by atoms with Gasteiger partial charge >= 0.3 is 11.9 Å². The van der Waals surface area contributed by atoms with Crippen molar-refractivity contribution >= 4 is 17.8 Å². The topological polar surface area (TPSA) is 203 Å². The Balaban J connectivity index is 3.11. The fourth-order valence-corrected chi connectivity index (χ4v) is 4.21. The van der Waals surface area contributed by atoms with Gasteiger partial charge < -0.3 is 72.0 Å². The van der Waals surface area contributed by atoms with Crippen LogP contribution in [0.2, 0.25) is 0 Å². The molecule has 56 heavy (non-hydrogen) atoms. The van der Waals surface area contributed by atoms with Gasteiger partial charge in [0.2, 0.25) is 5.91 Å². The molecule has 0 aliphatic rings. The molecule has 332 valence electrons. The third-order valence-electron chi connectivity index (χ3n) is 7.17. The molecule has 0 aromatic heterocycles. The summed E-state index contributed by atoms with van der Waals surface area (Å²) >= 11 is 0. The quantitative estimate of drug-likeness (QED) is 0.0667. The van der Waals surface area contributed by atoms with Crippen LogP contribution in [-0.2, 0) is 76.0 Å². The van der Waals surface area contributed by atoms with Gasteiger partial charge in [0.05, 0.1) is 158 Å². The van der Waals surface area contributed by atoms with E-state index >= 15 is 0 Å². The molecule has 0 unspecified atom stereocenters. The molecule has 0 aromatic carbocycles. The standard InChI is InChI=1S/C38H73NO17/c1-2-3-4-5-7-38(43)56-35-34-55-33-32-54-31-30-53-29-28-52-27-26-51-25-24-50-23-22-49-21-20-48-19-18-47-17-16-46-15-14-45-13-12-44-11-6-10-39-36(40)8-9-37(41)42/h2-35H2,1H3,(H,39,40)(H,41,42). The first-order chi connectivity index (χ1) is 27.6. The van der Waals surface area contributed by atoms with Gasteiger partial charge in [0.25, 0.3) is 0 Å². The minimum absolute atomic E-state index is 0.0139. The number of carboxylic acids is 1. The van der Waals surface area contributed by atoms with Gasteiger partial charge in [-0.15, -0.1) is 0 Å². The monoisotopic (exact) mass is 815 g/mol. The van der Waals surface area contributed by atoms with Crippen molar-refractivity contribution in [2.75, 3.05) is 172 Å². The van der Waals surface area contributed by atoms with E-state index in [1.807, 2.05) is 0 Å². The van der Waals surface area contributed by atoms with Gasteiger partial charge in [-0.1, -0.05) is 26.2 Å². The summed E-state index contributed by atoms with van der Waals surface area (Å²) < 4.78 is 70.6. The highest BCUT2D eigenvalue weighted by Gasteiger charge is 2.05. The third-order valence-corrected chi connectivity index (χ3v) is 7.17. The number of carbonyl (C=O) groups excluding carboxylic acids is 2. The molecule has 0 aromatic rings. The maximum absolute atomic E-state index is 11.6. The molecule has 2 N–H and O–H groups in total. The van der Waals surface area contributed by atoms with Gasteiger partial charge in [0.1, 0.15) is 6.61 Å². The van der Waals surface area contributed by atoms with Gasteiger partial charge in [-0.2, -0.15) is 0 Å². The third kappa shape index (κ3) is 48.1.